The lowest BCUT2D eigenvalue weighted by Crippen LogP contribution is -2.24. The van der Waals surface area contributed by atoms with Crippen LogP contribution in [-0.2, 0) is 4.79 Å². The molecule has 2 aromatic rings. The second-order valence-electron chi connectivity index (χ2n) is 4.46. The third-order valence-corrected chi connectivity index (χ3v) is 2.94. The van der Waals surface area contributed by atoms with Gasteiger partial charge in [-0.05, 0) is 25.5 Å². The number of amides is 1. The highest BCUT2D eigenvalue weighted by Gasteiger charge is 2.11. The van der Waals surface area contributed by atoms with E-state index in [2.05, 4.69) is 10.3 Å². The maximum atomic E-state index is 12.3. The van der Waals surface area contributed by atoms with E-state index in [1.165, 1.54) is 4.40 Å². The summed E-state index contributed by atoms with van der Waals surface area (Å²) in [6.45, 7) is 3.74. The van der Waals surface area contributed by atoms with Crippen LogP contribution in [0, 0.1) is 6.92 Å². The molecule has 0 fully saturated rings. The van der Waals surface area contributed by atoms with E-state index in [4.69, 9.17) is 0 Å². The van der Waals surface area contributed by atoms with Crippen LogP contribution in [0.3, 0.4) is 0 Å². The molecule has 0 aliphatic heterocycles. The van der Waals surface area contributed by atoms with Crippen molar-refractivity contribution in [3.8, 4) is 0 Å². The van der Waals surface area contributed by atoms with Crippen molar-refractivity contribution in [3.05, 3.63) is 40.4 Å². The molecule has 5 heteroatoms. The Morgan fingerprint density at radius 1 is 1.42 bits per heavy atom. The Morgan fingerprint density at radius 2 is 2.21 bits per heavy atom. The van der Waals surface area contributed by atoms with Gasteiger partial charge in [-0.3, -0.25) is 14.0 Å². The van der Waals surface area contributed by atoms with Crippen LogP contribution < -0.4 is 10.9 Å². The maximum Gasteiger partial charge on any atom is 0.281 e. The van der Waals surface area contributed by atoms with Crippen molar-refractivity contribution >= 4 is 17.2 Å². The predicted octanol–water partition coefficient (Wildman–Crippen LogP) is 2.13. The molecule has 5 nitrogen and oxygen atoms in total. The van der Waals surface area contributed by atoms with Crippen molar-refractivity contribution in [2.24, 2.45) is 0 Å². The molecule has 0 unspecified atom stereocenters. The number of hydrogen-bond acceptors (Lipinski definition) is 3. The monoisotopic (exact) mass is 259 g/mol. The molecule has 0 spiro atoms. The first-order valence-corrected chi connectivity index (χ1v) is 6.41. The summed E-state index contributed by atoms with van der Waals surface area (Å²) >= 11 is 0. The number of fused-ring (bicyclic) bond motifs is 1. The van der Waals surface area contributed by atoms with Crippen LogP contribution in [-0.4, -0.2) is 15.3 Å². The summed E-state index contributed by atoms with van der Waals surface area (Å²) in [7, 11) is 0. The van der Waals surface area contributed by atoms with Gasteiger partial charge in [0.2, 0.25) is 5.91 Å². The molecule has 0 saturated heterocycles. The van der Waals surface area contributed by atoms with E-state index in [1.807, 2.05) is 13.0 Å². The van der Waals surface area contributed by atoms with Crippen LogP contribution in [0.1, 0.15) is 31.9 Å². The van der Waals surface area contributed by atoms with Crippen LogP contribution in [0.4, 0.5) is 5.69 Å². The average Bonchev–Trinajstić information content (AvgIpc) is 2.41. The van der Waals surface area contributed by atoms with E-state index in [-0.39, 0.29) is 17.2 Å². The van der Waals surface area contributed by atoms with Crippen molar-refractivity contribution in [1.82, 2.24) is 9.38 Å². The molecule has 2 rings (SSSR count). The molecule has 1 N–H and O–H groups in total. The zero-order valence-corrected chi connectivity index (χ0v) is 11.1. The summed E-state index contributed by atoms with van der Waals surface area (Å²) in [4.78, 5) is 28.3. The minimum absolute atomic E-state index is 0.139. The molecular formula is C14H17N3O2. The predicted molar refractivity (Wildman–Crippen MR) is 74.4 cm³/mol. The minimum atomic E-state index is -0.243. The van der Waals surface area contributed by atoms with Crippen LogP contribution in [0.15, 0.2) is 29.2 Å². The van der Waals surface area contributed by atoms with Gasteiger partial charge in [-0.2, -0.15) is 0 Å². The number of aromatic nitrogens is 2. The minimum Gasteiger partial charge on any atom is -0.320 e. The van der Waals surface area contributed by atoms with Gasteiger partial charge in [-0.25, -0.2) is 4.98 Å². The van der Waals surface area contributed by atoms with Gasteiger partial charge >= 0.3 is 0 Å². The van der Waals surface area contributed by atoms with Crippen molar-refractivity contribution < 1.29 is 4.79 Å². The lowest BCUT2D eigenvalue weighted by atomic mass is 10.2. The Kier molecular flexibility index (Phi) is 3.94. The SMILES string of the molecule is CCCCC(=O)Nc1c(C)nc2ccccn2c1=O. The highest BCUT2D eigenvalue weighted by Crippen LogP contribution is 2.09. The zero-order valence-electron chi connectivity index (χ0n) is 11.1. The van der Waals surface area contributed by atoms with Gasteiger partial charge in [0.1, 0.15) is 11.3 Å². The number of pyridine rings is 1. The van der Waals surface area contributed by atoms with Gasteiger partial charge in [0.15, 0.2) is 0 Å². The second kappa shape index (κ2) is 5.65. The van der Waals surface area contributed by atoms with Gasteiger partial charge in [-0.15, -0.1) is 0 Å². The van der Waals surface area contributed by atoms with Crippen molar-refractivity contribution in [1.29, 1.82) is 0 Å². The standard InChI is InChI=1S/C14H17N3O2/c1-3-4-8-12(18)16-13-10(2)15-11-7-5-6-9-17(11)14(13)19/h5-7,9H,3-4,8H2,1-2H3,(H,16,18). The van der Waals surface area contributed by atoms with E-state index in [9.17, 15) is 9.59 Å². The highest BCUT2D eigenvalue weighted by molar-refractivity contribution is 5.91. The van der Waals surface area contributed by atoms with Gasteiger partial charge in [-0.1, -0.05) is 19.4 Å². The topological polar surface area (TPSA) is 63.5 Å². The number of aryl methyl sites for hydroxylation is 1. The summed E-state index contributed by atoms with van der Waals surface area (Å²) in [6.07, 6.45) is 3.83. The Balaban J connectivity index is 2.38. The van der Waals surface area contributed by atoms with Gasteiger partial charge in [0.25, 0.3) is 5.56 Å². The van der Waals surface area contributed by atoms with Gasteiger partial charge in [0, 0.05) is 12.6 Å². The number of hydrogen-bond donors (Lipinski definition) is 1. The molecule has 0 bridgehead atoms. The molecule has 2 heterocycles. The smallest absolute Gasteiger partial charge is 0.281 e. The molecule has 2 aromatic heterocycles. The first-order valence-electron chi connectivity index (χ1n) is 6.41. The Hall–Kier alpha value is -2.17. The summed E-state index contributed by atoms with van der Waals surface area (Å²) in [5.74, 6) is -0.139. The number of rotatable bonds is 4. The van der Waals surface area contributed by atoms with Crippen LogP contribution >= 0.6 is 0 Å². The molecule has 0 atom stereocenters. The fourth-order valence-electron chi connectivity index (χ4n) is 1.88. The quantitative estimate of drug-likeness (QED) is 0.914. The summed E-state index contributed by atoms with van der Waals surface area (Å²) in [6, 6.07) is 5.34. The van der Waals surface area contributed by atoms with Crippen LogP contribution in [0.25, 0.3) is 5.65 Å². The van der Waals surface area contributed by atoms with Crippen molar-refractivity contribution in [2.75, 3.05) is 5.32 Å². The number of unbranched alkanes of at least 4 members (excludes halogenated alkanes) is 1. The molecule has 1 amide bonds. The number of anilines is 1. The average molecular weight is 259 g/mol. The maximum absolute atomic E-state index is 12.3. The Bertz CT molecular complexity index is 661. The van der Waals surface area contributed by atoms with E-state index < -0.39 is 0 Å². The fraction of sp³-hybridized carbons (Fsp3) is 0.357. The Morgan fingerprint density at radius 3 is 2.95 bits per heavy atom. The normalized spacial score (nSPS) is 10.6. The van der Waals surface area contributed by atoms with Gasteiger partial charge in [0.05, 0.1) is 5.69 Å². The van der Waals surface area contributed by atoms with E-state index in [1.54, 1.807) is 25.3 Å². The molecule has 0 aliphatic carbocycles. The number of nitrogens with zero attached hydrogens (tertiary/aromatic N) is 2. The van der Waals surface area contributed by atoms with Crippen molar-refractivity contribution in [2.45, 2.75) is 33.1 Å². The molecule has 0 saturated carbocycles. The number of nitrogens with one attached hydrogen (secondary N) is 1. The molecule has 0 aliphatic rings. The zero-order chi connectivity index (χ0) is 13.8. The highest BCUT2D eigenvalue weighted by atomic mass is 16.2. The molecule has 0 radical (unpaired) electrons. The Labute approximate surface area is 111 Å². The summed E-state index contributed by atoms with van der Waals surface area (Å²) in [5.41, 5.74) is 1.15. The second-order valence-corrected chi connectivity index (χ2v) is 4.46. The summed E-state index contributed by atoms with van der Waals surface area (Å²) < 4.78 is 1.43. The molecular weight excluding hydrogens is 242 g/mol. The number of carbonyl (C=O) groups excluding carboxylic acids is 1. The van der Waals surface area contributed by atoms with Crippen molar-refractivity contribution in [3.63, 3.8) is 0 Å². The lowest BCUT2D eigenvalue weighted by molar-refractivity contribution is -0.116. The fourth-order valence-corrected chi connectivity index (χ4v) is 1.88. The van der Waals surface area contributed by atoms with Gasteiger partial charge < -0.3 is 5.32 Å². The number of carbonyl (C=O) groups is 1. The largest absolute Gasteiger partial charge is 0.320 e. The van der Waals surface area contributed by atoms with Crippen LogP contribution in [0.5, 0.6) is 0 Å². The van der Waals surface area contributed by atoms with E-state index >= 15 is 0 Å². The molecule has 19 heavy (non-hydrogen) atoms. The lowest BCUT2D eigenvalue weighted by Gasteiger charge is -2.09. The third-order valence-electron chi connectivity index (χ3n) is 2.94. The molecule has 100 valence electrons. The first-order chi connectivity index (χ1) is 9.13. The van der Waals surface area contributed by atoms with E-state index in [0.717, 1.165) is 12.8 Å². The van der Waals surface area contributed by atoms with Crippen LogP contribution in [0.2, 0.25) is 0 Å². The summed E-state index contributed by atoms with van der Waals surface area (Å²) in [5, 5.41) is 2.67. The van der Waals surface area contributed by atoms with E-state index in [0.29, 0.717) is 17.8 Å². The molecule has 0 aromatic carbocycles. The third kappa shape index (κ3) is 2.81. The first kappa shape index (κ1) is 13.3.